The minimum Gasteiger partial charge on any atom is -0.377 e. The molecule has 0 saturated heterocycles. The van der Waals surface area contributed by atoms with Gasteiger partial charge < -0.3 is 11.1 Å². The first-order valence-corrected chi connectivity index (χ1v) is 6.28. The third-order valence-electron chi connectivity index (χ3n) is 2.97. The highest BCUT2D eigenvalue weighted by atomic mass is 15.3. The molecule has 0 bridgehead atoms. The summed E-state index contributed by atoms with van der Waals surface area (Å²) < 4.78 is 1.91. The summed E-state index contributed by atoms with van der Waals surface area (Å²) in [4.78, 5) is 0. The zero-order valence-electron chi connectivity index (χ0n) is 10.9. The van der Waals surface area contributed by atoms with Crippen molar-refractivity contribution in [1.29, 1.82) is 0 Å². The van der Waals surface area contributed by atoms with Crippen LogP contribution in [-0.2, 0) is 6.54 Å². The molecule has 0 aliphatic heterocycles. The van der Waals surface area contributed by atoms with Crippen LogP contribution in [0.15, 0.2) is 36.7 Å². The van der Waals surface area contributed by atoms with E-state index < -0.39 is 0 Å². The summed E-state index contributed by atoms with van der Waals surface area (Å²) in [5.74, 6) is 0. The Balaban J connectivity index is 2.14. The first-order chi connectivity index (χ1) is 8.72. The van der Waals surface area contributed by atoms with Crippen LogP contribution in [0, 0.1) is 6.92 Å². The van der Waals surface area contributed by atoms with Crippen LogP contribution in [0.2, 0.25) is 0 Å². The number of nitrogens with one attached hydrogen (secondary N) is 1. The standard InChI is InChI=1S/C14H20N4/c1-3-18-10-12(9-16-18)14(8-15)17-13-6-4-5-11(2)7-13/h4-7,9-10,14,17H,3,8,15H2,1-2H3. The molecule has 1 heterocycles. The minimum absolute atomic E-state index is 0.104. The van der Waals surface area contributed by atoms with E-state index in [1.54, 1.807) is 0 Å². The molecule has 0 aliphatic carbocycles. The van der Waals surface area contributed by atoms with Crippen molar-refractivity contribution in [2.45, 2.75) is 26.4 Å². The van der Waals surface area contributed by atoms with Crippen LogP contribution in [-0.4, -0.2) is 16.3 Å². The monoisotopic (exact) mass is 244 g/mol. The molecule has 0 radical (unpaired) electrons. The van der Waals surface area contributed by atoms with Crippen LogP contribution >= 0.6 is 0 Å². The highest BCUT2D eigenvalue weighted by Gasteiger charge is 2.11. The van der Waals surface area contributed by atoms with E-state index in [-0.39, 0.29) is 6.04 Å². The average Bonchev–Trinajstić information content (AvgIpc) is 2.84. The summed E-state index contributed by atoms with van der Waals surface area (Å²) in [6.45, 7) is 5.57. The van der Waals surface area contributed by atoms with Crippen molar-refractivity contribution in [2.75, 3.05) is 11.9 Å². The fraction of sp³-hybridized carbons (Fsp3) is 0.357. The van der Waals surface area contributed by atoms with Gasteiger partial charge in [0.1, 0.15) is 0 Å². The number of hydrogen-bond acceptors (Lipinski definition) is 3. The van der Waals surface area contributed by atoms with Crippen molar-refractivity contribution in [3.8, 4) is 0 Å². The van der Waals surface area contributed by atoms with Gasteiger partial charge in [-0.1, -0.05) is 12.1 Å². The Hall–Kier alpha value is -1.81. The van der Waals surface area contributed by atoms with Crippen LogP contribution in [0.4, 0.5) is 5.69 Å². The topological polar surface area (TPSA) is 55.9 Å². The van der Waals surface area contributed by atoms with Crippen molar-refractivity contribution in [1.82, 2.24) is 9.78 Å². The van der Waals surface area contributed by atoms with Crippen molar-refractivity contribution in [3.05, 3.63) is 47.8 Å². The lowest BCUT2D eigenvalue weighted by molar-refractivity contribution is 0.658. The van der Waals surface area contributed by atoms with E-state index in [1.807, 2.05) is 23.1 Å². The van der Waals surface area contributed by atoms with Crippen molar-refractivity contribution < 1.29 is 0 Å². The van der Waals surface area contributed by atoms with E-state index in [1.165, 1.54) is 5.56 Å². The third kappa shape index (κ3) is 2.90. The van der Waals surface area contributed by atoms with Crippen LogP contribution in [0.3, 0.4) is 0 Å². The molecule has 18 heavy (non-hydrogen) atoms. The predicted octanol–water partition coefficient (Wildman–Crippen LogP) is 2.32. The first-order valence-electron chi connectivity index (χ1n) is 6.28. The molecule has 1 aromatic heterocycles. The van der Waals surface area contributed by atoms with Crippen molar-refractivity contribution in [2.24, 2.45) is 5.73 Å². The molecular weight excluding hydrogens is 224 g/mol. The van der Waals surface area contributed by atoms with Gasteiger partial charge in [0.25, 0.3) is 0 Å². The van der Waals surface area contributed by atoms with Gasteiger partial charge in [-0.3, -0.25) is 4.68 Å². The Bertz CT molecular complexity index is 504. The van der Waals surface area contributed by atoms with Crippen LogP contribution in [0.25, 0.3) is 0 Å². The quantitative estimate of drug-likeness (QED) is 0.848. The zero-order valence-corrected chi connectivity index (χ0v) is 10.9. The lowest BCUT2D eigenvalue weighted by atomic mass is 10.1. The number of aryl methyl sites for hydroxylation is 2. The van der Waals surface area contributed by atoms with E-state index in [2.05, 4.69) is 42.5 Å². The second kappa shape index (κ2) is 5.69. The molecule has 1 aromatic carbocycles. The first kappa shape index (κ1) is 12.6. The van der Waals surface area contributed by atoms with Gasteiger partial charge in [-0.2, -0.15) is 5.10 Å². The summed E-state index contributed by atoms with van der Waals surface area (Å²) in [5.41, 5.74) is 9.30. The van der Waals surface area contributed by atoms with Gasteiger partial charge in [-0.25, -0.2) is 0 Å². The molecule has 0 spiro atoms. The van der Waals surface area contributed by atoms with Gasteiger partial charge >= 0.3 is 0 Å². The number of nitrogens with two attached hydrogens (primary N) is 1. The van der Waals surface area contributed by atoms with E-state index in [4.69, 9.17) is 5.73 Å². The second-order valence-electron chi connectivity index (χ2n) is 4.43. The van der Waals surface area contributed by atoms with Gasteiger partial charge in [0.2, 0.25) is 0 Å². The maximum absolute atomic E-state index is 5.84. The Morgan fingerprint density at radius 2 is 2.28 bits per heavy atom. The number of hydrogen-bond donors (Lipinski definition) is 2. The van der Waals surface area contributed by atoms with Gasteiger partial charge in [0, 0.05) is 30.5 Å². The van der Waals surface area contributed by atoms with Gasteiger partial charge in [-0.05, 0) is 31.5 Å². The summed E-state index contributed by atoms with van der Waals surface area (Å²) in [7, 11) is 0. The highest BCUT2D eigenvalue weighted by molar-refractivity contribution is 5.47. The molecule has 1 unspecified atom stereocenters. The number of benzene rings is 1. The Labute approximate surface area is 108 Å². The largest absolute Gasteiger partial charge is 0.377 e. The molecule has 2 rings (SSSR count). The minimum atomic E-state index is 0.104. The zero-order chi connectivity index (χ0) is 13.0. The molecule has 0 saturated carbocycles. The Morgan fingerprint density at radius 1 is 1.44 bits per heavy atom. The third-order valence-corrected chi connectivity index (χ3v) is 2.97. The van der Waals surface area contributed by atoms with E-state index in [9.17, 15) is 0 Å². The van der Waals surface area contributed by atoms with E-state index in [0.717, 1.165) is 17.8 Å². The molecule has 1 atom stereocenters. The lowest BCUT2D eigenvalue weighted by Crippen LogP contribution is -2.20. The fourth-order valence-corrected chi connectivity index (χ4v) is 1.95. The molecule has 3 N–H and O–H groups in total. The molecular formula is C14H20N4. The van der Waals surface area contributed by atoms with Crippen LogP contribution in [0.5, 0.6) is 0 Å². The normalized spacial score (nSPS) is 12.4. The molecule has 4 heteroatoms. The summed E-state index contributed by atoms with van der Waals surface area (Å²) in [6.07, 6.45) is 3.92. The second-order valence-corrected chi connectivity index (χ2v) is 4.43. The number of nitrogens with zero attached hydrogens (tertiary/aromatic N) is 2. The van der Waals surface area contributed by atoms with Crippen LogP contribution < -0.4 is 11.1 Å². The molecule has 0 fully saturated rings. The van der Waals surface area contributed by atoms with Gasteiger partial charge in [0.05, 0.1) is 12.2 Å². The SMILES string of the molecule is CCn1cc(C(CN)Nc2cccc(C)c2)cn1. The number of aromatic nitrogens is 2. The maximum atomic E-state index is 5.84. The Kier molecular flexibility index (Phi) is 3.99. The Morgan fingerprint density at radius 3 is 2.89 bits per heavy atom. The summed E-state index contributed by atoms with van der Waals surface area (Å²) in [6, 6.07) is 8.40. The van der Waals surface area contributed by atoms with Crippen molar-refractivity contribution >= 4 is 5.69 Å². The summed E-state index contributed by atoms with van der Waals surface area (Å²) in [5, 5.41) is 7.73. The fourth-order valence-electron chi connectivity index (χ4n) is 1.95. The number of anilines is 1. The van der Waals surface area contributed by atoms with Crippen molar-refractivity contribution in [3.63, 3.8) is 0 Å². The predicted molar refractivity (Wildman–Crippen MR) is 74.5 cm³/mol. The molecule has 0 aliphatic rings. The maximum Gasteiger partial charge on any atom is 0.0667 e. The van der Waals surface area contributed by atoms with Crippen LogP contribution in [0.1, 0.15) is 24.1 Å². The molecule has 0 amide bonds. The molecule has 96 valence electrons. The molecule has 2 aromatic rings. The summed E-state index contributed by atoms with van der Waals surface area (Å²) >= 11 is 0. The highest BCUT2D eigenvalue weighted by Crippen LogP contribution is 2.19. The van der Waals surface area contributed by atoms with Gasteiger partial charge in [0.15, 0.2) is 0 Å². The average molecular weight is 244 g/mol. The van der Waals surface area contributed by atoms with E-state index in [0.29, 0.717) is 6.54 Å². The molecule has 4 nitrogen and oxygen atoms in total. The van der Waals surface area contributed by atoms with E-state index >= 15 is 0 Å². The lowest BCUT2D eigenvalue weighted by Gasteiger charge is -2.17. The smallest absolute Gasteiger partial charge is 0.0667 e. The number of rotatable bonds is 5. The van der Waals surface area contributed by atoms with Gasteiger partial charge in [-0.15, -0.1) is 0 Å².